The molecule has 0 N–H and O–H groups in total. The molecule has 0 unspecified atom stereocenters. The van der Waals surface area contributed by atoms with Crippen molar-refractivity contribution in [3.8, 4) is 5.69 Å². The third-order valence-corrected chi connectivity index (χ3v) is 5.40. The summed E-state index contributed by atoms with van der Waals surface area (Å²) in [5.74, 6) is 0. The second-order valence-corrected chi connectivity index (χ2v) is 8.07. The first-order valence-corrected chi connectivity index (χ1v) is 9.94. The molecule has 4 nitrogen and oxygen atoms in total. The van der Waals surface area contributed by atoms with Crippen LogP contribution < -0.4 is 11.2 Å². The van der Waals surface area contributed by atoms with Gasteiger partial charge in [-0.1, -0.05) is 51.3 Å². The van der Waals surface area contributed by atoms with Crippen LogP contribution in [-0.2, 0) is 6.54 Å². The lowest BCUT2D eigenvalue weighted by atomic mass is 10.2. The van der Waals surface area contributed by atoms with Crippen molar-refractivity contribution >= 4 is 50.0 Å². The van der Waals surface area contributed by atoms with Crippen LogP contribution in [0.25, 0.3) is 16.6 Å². The summed E-state index contributed by atoms with van der Waals surface area (Å²) in [5, 5.41) is 1.55. The number of benzene rings is 3. The van der Waals surface area contributed by atoms with Gasteiger partial charge < -0.3 is 0 Å². The van der Waals surface area contributed by atoms with Crippen LogP contribution in [0.1, 0.15) is 5.56 Å². The van der Waals surface area contributed by atoms with Gasteiger partial charge in [-0.15, -0.1) is 0 Å². The van der Waals surface area contributed by atoms with Gasteiger partial charge in [0.15, 0.2) is 0 Å². The quantitative estimate of drug-likeness (QED) is 0.405. The van der Waals surface area contributed by atoms with Gasteiger partial charge in [-0.25, -0.2) is 9.36 Å². The van der Waals surface area contributed by atoms with Crippen molar-refractivity contribution in [2.45, 2.75) is 6.54 Å². The van der Waals surface area contributed by atoms with Crippen LogP contribution in [0.15, 0.2) is 80.8 Å². The molecule has 0 aliphatic carbocycles. The summed E-state index contributed by atoms with van der Waals surface area (Å²) in [7, 11) is 0. The average molecular weight is 476 g/mol. The number of fused-ring (bicyclic) bond motifs is 1. The molecule has 3 aromatic carbocycles. The zero-order valence-corrected chi connectivity index (χ0v) is 17.5. The van der Waals surface area contributed by atoms with Gasteiger partial charge in [0, 0.05) is 14.5 Å². The fourth-order valence-corrected chi connectivity index (χ4v) is 3.83. The largest absolute Gasteiger partial charge is 0.336 e. The van der Waals surface area contributed by atoms with Crippen molar-refractivity contribution in [3.05, 3.63) is 108 Å². The van der Waals surface area contributed by atoms with Gasteiger partial charge in [0.05, 0.1) is 23.1 Å². The SMILES string of the molecule is O=c1c2cc(Br)ccc2n(Cc2cccc(Cl)c2)c(=O)n1-c1ccc(Cl)cc1. The van der Waals surface area contributed by atoms with Gasteiger partial charge in [-0.3, -0.25) is 9.36 Å². The summed E-state index contributed by atoms with van der Waals surface area (Å²) in [6.07, 6.45) is 0. The molecule has 28 heavy (non-hydrogen) atoms. The first-order valence-electron chi connectivity index (χ1n) is 8.39. The maximum absolute atomic E-state index is 13.3. The van der Waals surface area contributed by atoms with E-state index in [9.17, 15) is 9.59 Å². The molecule has 1 heterocycles. The van der Waals surface area contributed by atoms with E-state index in [4.69, 9.17) is 23.2 Å². The predicted octanol–water partition coefficient (Wildman–Crippen LogP) is 5.27. The number of rotatable bonds is 3. The van der Waals surface area contributed by atoms with E-state index >= 15 is 0 Å². The molecule has 0 atom stereocenters. The highest BCUT2D eigenvalue weighted by atomic mass is 79.9. The van der Waals surface area contributed by atoms with E-state index in [0.29, 0.717) is 26.6 Å². The standard InChI is InChI=1S/C21H13BrCl2N2O2/c22-14-4-9-19-18(11-14)20(27)26(17-7-5-15(23)6-8-17)21(28)25(19)12-13-2-1-3-16(24)10-13/h1-11H,12H2. The Morgan fingerprint density at radius 1 is 0.857 bits per heavy atom. The van der Waals surface area contributed by atoms with Crippen molar-refractivity contribution in [2.75, 3.05) is 0 Å². The van der Waals surface area contributed by atoms with Gasteiger partial charge >= 0.3 is 5.69 Å². The second kappa shape index (κ2) is 7.59. The monoisotopic (exact) mass is 474 g/mol. The Morgan fingerprint density at radius 3 is 2.32 bits per heavy atom. The summed E-state index contributed by atoms with van der Waals surface area (Å²) in [4.78, 5) is 26.4. The van der Waals surface area contributed by atoms with Crippen LogP contribution in [-0.4, -0.2) is 9.13 Å². The highest BCUT2D eigenvalue weighted by molar-refractivity contribution is 9.10. The molecule has 0 spiro atoms. The maximum atomic E-state index is 13.3. The lowest BCUT2D eigenvalue weighted by molar-refractivity contribution is 0.714. The highest BCUT2D eigenvalue weighted by Gasteiger charge is 2.15. The van der Waals surface area contributed by atoms with Crippen LogP contribution in [0, 0.1) is 0 Å². The average Bonchev–Trinajstić information content (AvgIpc) is 2.67. The molecule has 1 aromatic heterocycles. The summed E-state index contributed by atoms with van der Waals surface area (Å²) in [6.45, 7) is 0.283. The van der Waals surface area contributed by atoms with E-state index in [1.165, 1.54) is 0 Å². The van der Waals surface area contributed by atoms with Crippen LogP contribution >= 0.6 is 39.1 Å². The van der Waals surface area contributed by atoms with Gasteiger partial charge in [0.25, 0.3) is 5.56 Å². The molecule has 0 aliphatic heterocycles. The molecule has 0 saturated heterocycles. The molecular formula is C21H13BrCl2N2O2. The maximum Gasteiger partial charge on any atom is 0.336 e. The Hall–Kier alpha value is -2.34. The van der Waals surface area contributed by atoms with Crippen LogP contribution in [0.4, 0.5) is 0 Å². The van der Waals surface area contributed by atoms with Crippen molar-refractivity contribution in [3.63, 3.8) is 0 Å². The first-order chi connectivity index (χ1) is 13.4. The minimum atomic E-state index is -0.429. The minimum absolute atomic E-state index is 0.283. The fraction of sp³-hybridized carbons (Fsp3) is 0.0476. The Labute approximate surface area is 178 Å². The second-order valence-electron chi connectivity index (χ2n) is 6.28. The molecule has 4 aromatic rings. The predicted molar refractivity (Wildman–Crippen MR) is 117 cm³/mol. The van der Waals surface area contributed by atoms with Gasteiger partial charge in [0.2, 0.25) is 0 Å². The highest BCUT2D eigenvalue weighted by Crippen LogP contribution is 2.19. The topological polar surface area (TPSA) is 44.0 Å². The number of halogens is 3. The van der Waals surface area contributed by atoms with Gasteiger partial charge in [-0.05, 0) is 60.2 Å². The lowest BCUT2D eigenvalue weighted by Gasteiger charge is -2.15. The molecule has 0 amide bonds. The number of aromatic nitrogens is 2. The Morgan fingerprint density at radius 2 is 1.61 bits per heavy atom. The molecule has 0 fully saturated rings. The molecule has 0 bridgehead atoms. The molecule has 7 heteroatoms. The lowest BCUT2D eigenvalue weighted by Crippen LogP contribution is -2.39. The Bertz CT molecular complexity index is 1310. The van der Waals surface area contributed by atoms with E-state index in [1.807, 2.05) is 18.2 Å². The number of nitrogens with zero attached hydrogens (tertiary/aromatic N) is 2. The van der Waals surface area contributed by atoms with E-state index in [2.05, 4.69) is 15.9 Å². The molecule has 4 rings (SSSR count). The molecule has 140 valence electrons. The van der Waals surface area contributed by atoms with Crippen molar-refractivity contribution < 1.29 is 0 Å². The van der Waals surface area contributed by atoms with E-state index in [1.54, 1.807) is 53.1 Å². The van der Waals surface area contributed by atoms with Crippen molar-refractivity contribution in [1.82, 2.24) is 9.13 Å². The van der Waals surface area contributed by atoms with Gasteiger partial charge in [-0.2, -0.15) is 0 Å². The van der Waals surface area contributed by atoms with Crippen molar-refractivity contribution in [1.29, 1.82) is 0 Å². The summed E-state index contributed by atoms with van der Waals surface area (Å²) < 4.78 is 3.49. The smallest absolute Gasteiger partial charge is 0.288 e. The zero-order chi connectivity index (χ0) is 19.8. The molecular weight excluding hydrogens is 463 g/mol. The zero-order valence-electron chi connectivity index (χ0n) is 14.4. The summed E-state index contributed by atoms with van der Waals surface area (Å²) in [5.41, 5.74) is 1.07. The first kappa shape index (κ1) is 19.0. The molecule has 0 radical (unpaired) electrons. The van der Waals surface area contributed by atoms with E-state index < -0.39 is 5.69 Å². The van der Waals surface area contributed by atoms with Crippen LogP contribution in [0.5, 0.6) is 0 Å². The third-order valence-electron chi connectivity index (χ3n) is 4.42. The normalized spacial score (nSPS) is 11.1. The number of hydrogen-bond donors (Lipinski definition) is 0. The third kappa shape index (κ3) is 3.53. The Balaban J connectivity index is 2.04. The van der Waals surface area contributed by atoms with E-state index in [-0.39, 0.29) is 12.1 Å². The minimum Gasteiger partial charge on any atom is -0.288 e. The summed E-state index contributed by atoms with van der Waals surface area (Å²) in [6, 6.07) is 19.2. The van der Waals surface area contributed by atoms with Crippen LogP contribution in [0.3, 0.4) is 0 Å². The molecule has 0 aliphatic rings. The van der Waals surface area contributed by atoms with Gasteiger partial charge in [0.1, 0.15) is 0 Å². The fourth-order valence-electron chi connectivity index (χ4n) is 3.13. The molecule has 0 saturated carbocycles. The van der Waals surface area contributed by atoms with Crippen LogP contribution in [0.2, 0.25) is 10.0 Å². The number of hydrogen-bond acceptors (Lipinski definition) is 2. The summed E-state index contributed by atoms with van der Waals surface area (Å²) >= 11 is 15.5. The van der Waals surface area contributed by atoms with Crippen molar-refractivity contribution in [2.24, 2.45) is 0 Å². The van der Waals surface area contributed by atoms with E-state index in [0.717, 1.165) is 14.6 Å². The Kier molecular flexibility index (Phi) is 5.15.